The van der Waals surface area contributed by atoms with Gasteiger partial charge in [0.05, 0.1) is 17.4 Å². The summed E-state index contributed by atoms with van der Waals surface area (Å²) in [5.74, 6) is -1.44. The second kappa shape index (κ2) is 6.71. The zero-order valence-corrected chi connectivity index (χ0v) is 12.1. The van der Waals surface area contributed by atoms with E-state index in [1.54, 1.807) is 11.3 Å². The lowest BCUT2D eigenvalue weighted by atomic mass is 10.1. The van der Waals surface area contributed by atoms with Crippen LogP contribution in [0.25, 0.3) is 0 Å². The fourth-order valence-corrected chi connectivity index (χ4v) is 2.79. The van der Waals surface area contributed by atoms with Crippen molar-refractivity contribution in [2.45, 2.75) is 26.0 Å². The molecular weight excluding hydrogens is 301 g/mol. The molecule has 1 atom stereocenters. The molecule has 0 bridgehead atoms. The predicted molar refractivity (Wildman–Crippen MR) is 78.4 cm³/mol. The first-order valence-electron chi connectivity index (χ1n) is 6.35. The number of rotatable bonds is 6. The Bertz CT molecular complexity index is 590. The average molecular weight is 316 g/mol. The van der Waals surface area contributed by atoms with Crippen molar-refractivity contribution in [2.24, 2.45) is 0 Å². The maximum absolute atomic E-state index is 13.5. The van der Waals surface area contributed by atoms with Crippen LogP contribution in [0.2, 0.25) is 0 Å². The van der Waals surface area contributed by atoms with Gasteiger partial charge in [0.15, 0.2) is 11.6 Å². The van der Waals surface area contributed by atoms with Crippen molar-refractivity contribution >= 4 is 22.7 Å². The summed E-state index contributed by atoms with van der Waals surface area (Å²) >= 11 is 1.57. The number of nitrogens with two attached hydrogens (primary N) is 1. The molecule has 0 aliphatic carbocycles. The lowest BCUT2D eigenvalue weighted by molar-refractivity contribution is -0.0521. The Morgan fingerprint density at radius 1 is 1.38 bits per heavy atom. The summed E-state index contributed by atoms with van der Waals surface area (Å²) in [6.45, 7) is -1.11. The van der Waals surface area contributed by atoms with Crippen LogP contribution in [0.3, 0.4) is 0 Å². The van der Waals surface area contributed by atoms with Crippen LogP contribution in [0.5, 0.6) is 5.75 Å². The maximum Gasteiger partial charge on any atom is 0.387 e. The minimum absolute atomic E-state index is 0.0304. The topological polar surface area (TPSA) is 47.3 Å². The SMILES string of the molecule is CCC(Nc1cc(OC(F)F)c(F)cc1N)c1cccs1. The number of benzene rings is 1. The second-order valence-corrected chi connectivity index (χ2v) is 5.35. The zero-order valence-electron chi connectivity index (χ0n) is 11.3. The van der Waals surface area contributed by atoms with Crippen LogP contribution in [0, 0.1) is 5.82 Å². The normalized spacial score (nSPS) is 12.4. The Morgan fingerprint density at radius 3 is 2.71 bits per heavy atom. The van der Waals surface area contributed by atoms with Crippen molar-refractivity contribution in [3.05, 3.63) is 40.3 Å². The molecular formula is C14H15F3N2OS. The summed E-state index contributed by atoms with van der Waals surface area (Å²) in [5.41, 5.74) is 6.25. The Balaban J connectivity index is 2.26. The van der Waals surface area contributed by atoms with E-state index in [1.807, 2.05) is 24.4 Å². The van der Waals surface area contributed by atoms with E-state index in [0.29, 0.717) is 5.69 Å². The van der Waals surface area contributed by atoms with Crippen LogP contribution in [0.1, 0.15) is 24.3 Å². The van der Waals surface area contributed by atoms with Gasteiger partial charge in [-0.25, -0.2) is 4.39 Å². The highest BCUT2D eigenvalue weighted by Crippen LogP contribution is 2.33. The summed E-state index contributed by atoms with van der Waals surface area (Å²) < 4.78 is 42.2. The van der Waals surface area contributed by atoms with Crippen molar-refractivity contribution in [3.8, 4) is 5.75 Å². The molecule has 2 rings (SSSR count). The quantitative estimate of drug-likeness (QED) is 0.764. The number of nitrogens with one attached hydrogen (secondary N) is 1. The van der Waals surface area contributed by atoms with E-state index in [0.717, 1.165) is 23.4 Å². The van der Waals surface area contributed by atoms with Gasteiger partial charge in [-0.05, 0) is 17.9 Å². The van der Waals surface area contributed by atoms with Gasteiger partial charge < -0.3 is 15.8 Å². The average Bonchev–Trinajstić information content (AvgIpc) is 2.94. The van der Waals surface area contributed by atoms with E-state index in [-0.39, 0.29) is 11.7 Å². The lowest BCUT2D eigenvalue weighted by Crippen LogP contribution is -2.11. The molecule has 3 N–H and O–H groups in total. The minimum atomic E-state index is -3.09. The molecule has 0 radical (unpaired) electrons. The molecule has 1 heterocycles. The Hall–Kier alpha value is -1.89. The molecule has 1 aromatic heterocycles. The fraction of sp³-hybridized carbons (Fsp3) is 0.286. The first-order valence-corrected chi connectivity index (χ1v) is 7.23. The van der Waals surface area contributed by atoms with Gasteiger partial charge in [0.1, 0.15) is 0 Å². The summed E-state index contributed by atoms with van der Waals surface area (Å²) in [6.07, 6.45) is 0.766. The Morgan fingerprint density at radius 2 is 2.14 bits per heavy atom. The Kier molecular flexibility index (Phi) is 4.95. The van der Waals surface area contributed by atoms with Crippen molar-refractivity contribution in [1.29, 1.82) is 0 Å². The molecule has 114 valence electrons. The fourth-order valence-electron chi connectivity index (χ4n) is 1.93. The molecule has 3 nitrogen and oxygen atoms in total. The van der Waals surface area contributed by atoms with Crippen LogP contribution >= 0.6 is 11.3 Å². The third-order valence-electron chi connectivity index (χ3n) is 2.94. The molecule has 2 aromatic rings. The molecule has 1 aromatic carbocycles. The predicted octanol–water partition coefficient (Wildman–Crippen LogP) is 4.63. The van der Waals surface area contributed by atoms with Gasteiger partial charge in [-0.3, -0.25) is 0 Å². The number of hydrogen-bond acceptors (Lipinski definition) is 4. The maximum atomic E-state index is 13.5. The van der Waals surface area contributed by atoms with Crippen LogP contribution in [0.15, 0.2) is 29.6 Å². The number of alkyl halides is 2. The molecule has 0 saturated carbocycles. The second-order valence-electron chi connectivity index (χ2n) is 4.37. The molecule has 0 saturated heterocycles. The highest BCUT2D eigenvalue weighted by atomic mass is 32.1. The van der Waals surface area contributed by atoms with Gasteiger partial charge in [0.2, 0.25) is 0 Å². The van der Waals surface area contributed by atoms with E-state index < -0.39 is 18.2 Å². The van der Waals surface area contributed by atoms with E-state index in [2.05, 4.69) is 10.1 Å². The van der Waals surface area contributed by atoms with Crippen LogP contribution in [0.4, 0.5) is 24.5 Å². The van der Waals surface area contributed by atoms with E-state index in [4.69, 9.17) is 5.73 Å². The van der Waals surface area contributed by atoms with Gasteiger partial charge in [-0.2, -0.15) is 8.78 Å². The lowest BCUT2D eigenvalue weighted by Gasteiger charge is -2.19. The smallest absolute Gasteiger partial charge is 0.387 e. The summed E-state index contributed by atoms with van der Waals surface area (Å²) in [4.78, 5) is 1.08. The number of anilines is 2. The molecule has 0 fully saturated rings. The molecule has 0 aliphatic rings. The molecule has 1 unspecified atom stereocenters. The van der Waals surface area contributed by atoms with E-state index in [9.17, 15) is 13.2 Å². The van der Waals surface area contributed by atoms with Gasteiger partial charge >= 0.3 is 6.61 Å². The zero-order chi connectivity index (χ0) is 15.4. The molecule has 0 amide bonds. The number of thiophene rings is 1. The monoisotopic (exact) mass is 316 g/mol. The summed E-state index contributed by atoms with van der Waals surface area (Å²) in [7, 11) is 0. The van der Waals surface area contributed by atoms with Crippen LogP contribution < -0.4 is 15.8 Å². The number of nitrogen functional groups attached to an aromatic ring is 1. The van der Waals surface area contributed by atoms with Crippen LogP contribution in [-0.2, 0) is 0 Å². The van der Waals surface area contributed by atoms with Crippen LogP contribution in [-0.4, -0.2) is 6.61 Å². The van der Waals surface area contributed by atoms with Crippen molar-refractivity contribution < 1.29 is 17.9 Å². The van der Waals surface area contributed by atoms with Gasteiger partial charge in [-0.15, -0.1) is 11.3 Å². The first-order chi connectivity index (χ1) is 10.0. The van der Waals surface area contributed by atoms with E-state index >= 15 is 0 Å². The molecule has 0 spiro atoms. The minimum Gasteiger partial charge on any atom is -0.432 e. The van der Waals surface area contributed by atoms with Gasteiger partial charge in [-0.1, -0.05) is 13.0 Å². The summed E-state index contributed by atoms with van der Waals surface area (Å²) in [6, 6.07) is 5.98. The number of hydrogen-bond donors (Lipinski definition) is 2. The molecule has 21 heavy (non-hydrogen) atoms. The third kappa shape index (κ3) is 3.81. The summed E-state index contributed by atoms with van der Waals surface area (Å²) in [5, 5.41) is 5.08. The van der Waals surface area contributed by atoms with Gasteiger partial charge in [0, 0.05) is 17.0 Å². The Labute approximate surface area is 124 Å². The standard InChI is InChI=1S/C14H15F3N2OS/c1-2-10(13-4-3-5-21-13)19-11-7-12(20-14(16)17)8(15)6-9(11)18/h3-7,10,14,19H,2,18H2,1H3. The van der Waals surface area contributed by atoms with Crippen molar-refractivity contribution in [2.75, 3.05) is 11.1 Å². The highest BCUT2D eigenvalue weighted by Gasteiger charge is 2.16. The number of ether oxygens (including phenoxy) is 1. The van der Waals surface area contributed by atoms with Gasteiger partial charge in [0.25, 0.3) is 0 Å². The van der Waals surface area contributed by atoms with Crippen molar-refractivity contribution in [3.63, 3.8) is 0 Å². The largest absolute Gasteiger partial charge is 0.432 e. The third-order valence-corrected chi connectivity index (χ3v) is 3.93. The van der Waals surface area contributed by atoms with Crippen molar-refractivity contribution in [1.82, 2.24) is 0 Å². The molecule has 7 heteroatoms. The van der Waals surface area contributed by atoms with E-state index in [1.165, 1.54) is 0 Å². The highest BCUT2D eigenvalue weighted by molar-refractivity contribution is 7.10. The first kappa shape index (κ1) is 15.5. The number of halogens is 3. The molecule has 0 aliphatic heterocycles.